The molecule has 1 aliphatic rings. The highest BCUT2D eigenvalue weighted by Gasteiger charge is 2.35. The molecular formula is C10H14N8O. The molecule has 9 nitrogen and oxygen atoms in total. The molecule has 0 spiro atoms. The molecule has 0 saturated heterocycles. The van der Waals surface area contributed by atoms with Crippen molar-refractivity contribution in [1.82, 2.24) is 35.3 Å². The van der Waals surface area contributed by atoms with E-state index >= 15 is 0 Å². The lowest BCUT2D eigenvalue weighted by Gasteiger charge is -2.34. The summed E-state index contributed by atoms with van der Waals surface area (Å²) in [5, 5.41) is 16.7. The number of hydrogen-bond acceptors (Lipinski definition) is 6. The molecule has 9 heteroatoms. The Morgan fingerprint density at radius 2 is 2.21 bits per heavy atom. The van der Waals surface area contributed by atoms with E-state index in [1.165, 1.54) is 0 Å². The zero-order chi connectivity index (χ0) is 13.2. The lowest BCUT2D eigenvalue weighted by atomic mass is 9.79. The summed E-state index contributed by atoms with van der Waals surface area (Å²) in [6.45, 7) is 0.316. The summed E-state index contributed by atoms with van der Waals surface area (Å²) in [7, 11) is 0. The van der Waals surface area contributed by atoms with E-state index in [9.17, 15) is 4.79 Å². The summed E-state index contributed by atoms with van der Waals surface area (Å²) in [5.41, 5.74) is 5.37. The smallest absolute Gasteiger partial charge is 0.239 e. The SMILES string of the molecule is Nc1n[nH]c(CNC(=O)C2CC(n3cnnc3)C2)n1. The van der Waals surface area contributed by atoms with E-state index in [0.29, 0.717) is 18.4 Å². The quantitative estimate of drug-likeness (QED) is 0.665. The average molecular weight is 262 g/mol. The number of amides is 1. The van der Waals surface area contributed by atoms with Crippen LogP contribution >= 0.6 is 0 Å². The van der Waals surface area contributed by atoms with Crippen LogP contribution in [0.15, 0.2) is 12.7 Å². The van der Waals surface area contributed by atoms with Gasteiger partial charge in [-0.2, -0.15) is 4.98 Å². The Labute approximate surface area is 108 Å². The van der Waals surface area contributed by atoms with E-state index < -0.39 is 0 Å². The number of aromatic nitrogens is 6. The van der Waals surface area contributed by atoms with Crippen molar-refractivity contribution in [3.63, 3.8) is 0 Å². The van der Waals surface area contributed by atoms with Crippen LogP contribution in [0.25, 0.3) is 0 Å². The molecule has 2 heterocycles. The monoisotopic (exact) mass is 262 g/mol. The van der Waals surface area contributed by atoms with Crippen LogP contribution in [0, 0.1) is 5.92 Å². The number of carbonyl (C=O) groups is 1. The maximum Gasteiger partial charge on any atom is 0.239 e. The number of nitrogens with one attached hydrogen (secondary N) is 2. The van der Waals surface area contributed by atoms with E-state index in [0.717, 1.165) is 12.8 Å². The minimum atomic E-state index is 0.0271. The van der Waals surface area contributed by atoms with Gasteiger partial charge >= 0.3 is 0 Å². The van der Waals surface area contributed by atoms with Gasteiger partial charge in [-0.3, -0.25) is 9.89 Å². The van der Waals surface area contributed by atoms with Gasteiger partial charge in [-0.15, -0.1) is 15.3 Å². The van der Waals surface area contributed by atoms with Crippen LogP contribution in [0.1, 0.15) is 24.7 Å². The zero-order valence-corrected chi connectivity index (χ0v) is 10.2. The van der Waals surface area contributed by atoms with Crippen molar-refractivity contribution in [2.45, 2.75) is 25.4 Å². The lowest BCUT2D eigenvalue weighted by Crippen LogP contribution is -2.39. The molecule has 2 aromatic heterocycles. The van der Waals surface area contributed by atoms with Gasteiger partial charge < -0.3 is 15.6 Å². The minimum absolute atomic E-state index is 0.0271. The van der Waals surface area contributed by atoms with Crippen LogP contribution in [-0.4, -0.2) is 35.9 Å². The van der Waals surface area contributed by atoms with Gasteiger partial charge in [0.2, 0.25) is 11.9 Å². The van der Waals surface area contributed by atoms with Gasteiger partial charge in [0.25, 0.3) is 0 Å². The first kappa shape index (κ1) is 11.6. The molecule has 0 aromatic carbocycles. The van der Waals surface area contributed by atoms with Crippen molar-refractivity contribution in [2.24, 2.45) is 5.92 Å². The average Bonchev–Trinajstić information content (AvgIpc) is 2.96. The van der Waals surface area contributed by atoms with Gasteiger partial charge in [-0.1, -0.05) is 0 Å². The van der Waals surface area contributed by atoms with Gasteiger partial charge in [-0.25, -0.2) is 0 Å². The maximum absolute atomic E-state index is 11.9. The van der Waals surface area contributed by atoms with Crippen LogP contribution in [0.2, 0.25) is 0 Å². The number of hydrogen-bond donors (Lipinski definition) is 3. The molecule has 1 aliphatic carbocycles. The fraction of sp³-hybridized carbons (Fsp3) is 0.500. The predicted octanol–water partition coefficient (Wildman–Crippen LogP) is -0.754. The molecule has 19 heavy (non-hydrogen) atoms. The third-order valence-electron chi connectivity index (χ3n) is 3.32. The first-order valence-corrected chi connectivity index (χ1v) is 6.01. The van der Waals surface area contributed by atoms with E-state index in [1.807, 2.05) is 4.57 Å². The molecule has 0 atom stereocenters. The van der Waals surface area contributed by atoms with Gasteiger partial charge in [0.05, 0.1) is 6.54 Å². The summed E-state index contributed by atoms with van der Waals surface area (Å²) in [6.07, 6.45) is 4.97. The van der Waals surface area contributed by atoms with Crippen LogP contribution in [0.3, 0.4) is 0 Å². The van der Waals surface area contributed by atoms with E-state index in [1.54, 1.807) is 12.7 Å². The second kappa shape index (κ2) is 4.67. The van der Waals surface area contributed by atoms with Gasteiger partial charge in [0, 0.05) is 12.0 Å². The van der Waals surface area contributed by atoms with Crippen LogP contribution in [0.5, 0.6) is 0 Å². The molecule has 0 bridgehead atoms. The van der Waals surface area contributed by atoms with Crippen LogP contribution < -0.4 is 11.1 Å². The van der Waals surface area contributed by atoms with Crippen LogP contribution in [0.4, 0.5) is 5.95 Å². The summed E-state index contributed by atoms with van der Waals surface area (Å²) >= 11 is 0. The summed E-state index contributed by atoms with van der Waals surface area (Å²) in [4.78, 5) is 15.8. The molecule has 0 aliphatic heterocycles. The lowest BCUT2D eigenvalue weighted by molar-refractivity contribution is -0.128. The predicted molar refractivity (Wildman–Crippen MR) is 64.4 cm³/mol. The highest BCUT2D eigenvalue weighted by molar-refractivity contribution is 5.79. The second-order valence-corrected chi connectivity index (χ2v) is 4.59. The second-order valence-electron chi connectivity index (χ2n) is 4.59. The molecule has 0 unspecified atom stereocenters. The number of aromatic amines is 1. The van der Waals surface area contributed by atoms with Gasteiger partial charge in [-0.05, 0) is 12.8 Å². The van der Waals surface area contributed by atoms with Crippen molar-refractivity contribution < 1.29 is 4.79 Å². The molecule has 1 fully saturated rings. The standard InChI is InChI=1S/C10H14N8O/c11-10-15-8(16-17-10)3-12-9(19)6-1-7(2-6)18-4-13-14-5-18/h4-7H,1-3H2,(H,12,19)(H3,11,15,16,17). The third kappa shape index (κ3) is 2.39. The van der Waals surface area contributed by atoms with Crippen LogP contribution in [-0.2, 0) is 11.3 Å². The van der Waals surface area contributed by atoms with Crippen molar-refractivity contribution in [1.29, 1.82) is 0 Å². The molecule has 2 aromatic rings. The normalized spacial score (nSPS) is 21.9. The number of rotatable bonds is 4. The van der Waals surface area contributed by atoms with Crippen molar-refractivity contribution in [2.75, 3.05) is 5.73 Å². The molecule has 3 rings (SSSR count). The van der Waals surface area contributed by atoms with E-state index in [4.69, 9.17) is 5.73 Å². The number of nitrogens with zero attached hydrogens (tertiary/aromatic N) is 5. The molecule has 1 saturated carbocycles. The highest BCUT2D eigenvalue weighted by atomic mass is 16.1. The topological polar surface area (TPSA) is 127 Å². The summed E-state index contributed by atoms with van der Waals surface area (Å²) < 4.78 is 1.93. The Bertz CT molecular complexity index is 556. The Balaban J connectivity index is 1.45. The Morgan fingerprint density at radius 3 is 2.84 bits per heavy atom. The number of anilines is 1. The van der Waals surface area contributed by atoms with E-state index in [2.05, 4.69) is 30.7 Å². The maximum atomic E-state index is 11.9. The minimum Gasteiger partial charge on any atom is -0.367 e. The number of carbonyl (C=O) groups excluding carboxylic acids is 1. The fourth-order valence-electron chi connectivity index (χ4n) is 2.15. The Kier molecular flexibility index (Phi) is 2.86. The van der Waals surface area contributed by atoms with E-state index in [-0.39, 0.29) is 17.8 Å². The Morgan fingerprint density at radius 1 is 1.47 bits per heavy atom. The molecule has 1 amide bonds. The molecule has 0 radical (unpaired) electrons. The fourth-order valence-corrected chi connectivity index (χ4v) is 2.15. The first-order valence-electron chi connectivity index (χ1n) is 6.01. The van der Waals surface area contributed by atoms with Crippen molar-refractivity contribution >= 4 is 11.9 Å². The first-order chi connectivity index (χ1) is 9.22. The number of nitrogens with two attached hydrogens (primary N) is 1. The highest BCUT2D eigenvalue weighted by Crippen LogP contribution is 2.37. The summed E-state index contributed by atoms with van der Waals surface area (Å²) in [5.74, 6) is 0.799. The molecule has 100 valence electrons. The molecule has 4 N–H and O–H groups in total. The zero-order valence-electron chi connectivity index (χ0n) is 10.2. The van der Waals surface area contributed by atoms with Gasteiger partial charge in [0.1, 0.15) is 18.5 Å². The number of H-pyrrole nitrogens is 1. The molecular weight excluding hydrogens is 248 g/mol. The van der Waals surface area contributed by atoms with Crippen molar-refractivity contribution in [3.8, 4) is 0 Å². The largest absolute Gasteiger partial charge is 0.367 e. The van der Waals surface area contributed by atoms with Crippen molar-refractivity contribution in [3.05, 3.63) is 18.5 Å². The summed E-state index contributed by atoms with van der Waals surface area (Å²) in [6, 6.07) is 0.326. The number of nitrogen functional groups attached to an aromatic ring is 1. The van der Waals surface area contributed by atoms with Gasteiger partial charge in [0.15, 0.2) is 0 Å². The Hall–Kier alpha value is -2.45. The third-order valence-corrected chi connectivity index (χ3v) is 3.32.